The number of methoxy groups -OCH3 is 1. The second-order valence-corrected chi connectivity index (χ2v) is 4.45. The first-order valence-electron chi connectivity index (χ1n) is 6.09. The molecule has 5 nitrogen and oxygen atoms in total. The predicted molar refractivity (Wildman–Crippen MR) is 77.0 cm³/mol. The van der Waals surface area contributed by atoms with E-state index >= 15 is 0 Å². The van der Waals surface area contributed by atoms with E-state index in [1.165, 1.54) is 18.9 Å². The van der Waals surface area contributed by atoms with Crippen LogP contribution in [0.1, 0.15) is 16.1 Å². The minimum Gasteiger partial charge on any atom is -0.464 e. The van der Waals surface area contributed by atoms with E-state index in [4.69, 9.17) is 11.6 Å². The molecule has 0 bridgehead atoms. The first kappa shape index (κ1) is 14.3. The highest BCUT2D eigenvalue weighted by atomic mass is 35.5. The number of hydrogen-bond donors (Lipinski definition) is 1. The van der Waals surface area contributed by atoms with Crippen molar-refractivity contribution in [3.8, 4) is 0 Å². The lowest BCUT2D eigenvalue weighted by molar-refractivity contribution is 0.0594. The van der Waals surface area contributed by atoms with Crippen molar-refractivity contribution in [1.82, 2.24) is 9.97 Å². The zero-order valence-electron chi connectivity index (χ0n) is 11.0. The van der Waals surface area contributed by atoms with E-state index in [9.17, 15) is 4.79 Å². The molecular weight excluding hydrogens is 278 g/mol. The molecule has 0 aliphatic heterocycles. The quantitative estimate of drug-likeness (QED) is 0.858. The molecule has 20 heavy (non-hydrogen) atoms. The molecule has 0 saturated heterocycles. The minimum atomic E-state index is -0.580. The van der Waals surface area contributed by atoms with Gasteiger partial charge in [0.25, 0.3) is 0 Å². The molecule has 1 heterocycles. The summed E-state index contributed by atoms with van der Waals surface area (Å²) >= 11 is 5.85. The van der Waals surface area contributed by atoms with Crippen molar-refractivity contribution in [3.63, 3.8) is 0 Å². The van der Waals surface area contributed by atoms with E-state index < -0.39 is 5.97 Å². The van der Waals surface area contributed by atoms with Crippen molar-refractivity contribution in [3.05, 3.63) is 52.8 Å². The molecule has 104 valence electrons. The van der Waals surface area contributed by atoms with Crippen molar-refractivity contribution in [2.45, 2.75) is 6.42 Å². The molecular formula is C14H14ClN3O2. The summed E-state index contributed by atoms with van der Waals surface area (Å²) in [6, 6.07) is 10.0. The van der Waals surface area contributed by atoms with Gasteiger partial charge in [-0.05, 0) is 12.0 Å². The Bertz CT molecular complexity index is 590. The Hall–Kier alpha value is -2.14. The van der Waals surface area contributed by atoms with Gasteiger partial charge >= 0.3 is 5.97 Å². The summed E-state index contributed by atoms with van der Waals surface area (Å²) in [5.74, 6) is -0.228. The van der Waals surface area contributed by atoms with Crippen LogP contribution in [0.15, 0.2) is 36.5 Å². The normalized spacial score (nSPS) is 10.1. The summed E-state index contributed by atoms with van der Waals surface area (Å²) in [6.07, 6.45) is 2.21. The smallest absolute Gasteiger partial charge is 0.358 e. The maximum Gasteiger partial charge on any atom is 0.358 e. The average Bonchev–Trinajstić information content (AvgIpc) is 2.49. The number of esters is 1. The number of anilines is 1. The highest BCUT2D eigenvalue weighted by Gasteiger charge is 2.14. The number of carbonyl (C=O) groups is 1. The minimum absolute atomic E-state index is 0.0615. The van der Waals surface area contributed by atoms with Crippen molar-refractivity contribution in [1.29, 1.82) is 0 Å². The monoisotopic (exact) mass is 291 g/mol. The van der Waals surface area contributed by atoms with Crippen molar-refractivity contribution < 1.29 is 9.53 Å². The van der Waals surface area contributed by atoms with E-state index in [0.29, 0.717) is 12.5 Å². The number of rotatable bonds is 5. The zero-order valence-corrected chi connectivity index (χ0v) is 11.7. The number of hydrogen-bond acceptors (Lipinski definition) is 5. The predicted octanol–water partition coefficient (Wildman–Crippen LogP) is 2.57. The van der Waals surface area contributed by atoms with Crippen LogP contribution >= 0.6 is 11.6 Å². The van der Waals surface area contributed by atoms with Gasteiger partial charge in [-0.2, -0.15) is 0 Å². The summed E-state index contributed by atoms with van der Waals surface area (Å²) in [5, 5.41) is 3.22. The van der Waals surface area contributed by atoms with Crippen LogP contribution in [-0.2, 0) is 11.2 Å². The van der Waals surface area contributed by atoms with Gasteiger partial charge < -0.3 is 10.1 Å². The molecule has 2 aromatic rings. The van der Waals surface area contributed by atoms with E-state index in [0.717, 1.165) is 6.42 Å². The van der Waals surface area contributed by atoms with Gasteiger partial charge in [0.05, 0.1) is 18.3 Å². The molecule has 1 aromatic carbocycles. The van der Waals surface area contributed by atoms with E-state index in [1.54, 1.807) is 0 Å². The molecule has 0 spiro atoms. The molecule has 0 unspecified atom stereocenters. The van der Waals surface area contributed by atoms with Crippen molar-refractivity contribution in [2.24, 2.45) is 0 Å². The van der Waals surface area contributed by atoms with E-state index in [-0.39, 0.29) is 10.7 Å². The summed E-state index contributed by atoms with van der Waals surface area (Å²) in [7, 11) is 1.28. The summed E-state index contributed by atoms with van der Waals surface area (Å²) in [6.45, 7) is 0.659. The number of ether oxygens (including phenoxy) is 1. The Morgan fingerprint density at radius 3 is 2.80 bits per heavy atom. The Morgan fingerprint density at radius 1 is 1.35 bits per heavy atom. The lowest BCUT2D eigenvalue weighted by Crippen LogP contribution is -2.12. The van der Waals surface area contributed by atoms with Crippen molar-refractivity contribution >= 4 is 23.5 Å². The van der Waals surface area contributed by atoms with Gasteiger partial charge in [-0.15, -0.1) is 0 Å². The standard InChI is InChI=1S/C14H14ClN3O2/c1-20-13(19)12-11(15)9-17-14(18-12)16-8-7-10-5-3-2-4-6-10/h2-6,9H,7-8H2,1H3,(H,16,17,18). The van der Waals surface area contributed by atoms with Gasteiger partial charge in [0.15, 0.2) is 5.69 Å². The molecule has 0 amide bonds. The lowest BCUT2D eigenvalue weighted by atomic mass is 10.1. The molecule has 1 N–H and O–H groups in total. The third-order valence-electron chi connectivity index (χ3n) is 2.66. The molecule has 0 saturated carbocycles. The molecule has 0 atom stereocenters. The maximum absolute atomic E-state index is 11.5. The average molecular weight is 292 g/mol. The van der Waals surface area contributed by atoms with Gasteiger partial charge in [0, 0.05) is 6.54 Å². The van der Waals surface area contributed by atoms with Crippen LogP contribution in [0.5, 0.6) is 0 Å². The molecule has 0 aliphatic rings. The Balaban J connectivity index is 1.98. The molecule has 0 fully saturated rings. The molecule has 2 rings (SSSR count). The van der Waals surface area contributed by atoms with Crippen molar-refractivity contribution in [2.75, 3.05) is 19.0 Å². The first-order chi connectivity index (χ1) is 9.70. The molecule has 0 aliphatic carbocycles. The van der Waals surface area contributed by atoms with Crippen LogP contribution in [0, 0.1) is 0 Å². The number of halogens is 1. The summed E-state index contributed by atoms with van der Waals surface area (Å²) < 4.78 is 4.60. The third-order valence-corrected chi connectivity index (χ3v) is 2.94. The fraction of sp³-hybridized carbons (Fsp3) is 0.214. The lowest BCUT2D eigenvalue weighted by Gasteiger charge is -2.07. The van der Waals surface area contributed by atoms with Crippen LogP contribution < -0.4 is 5.32 Å². The van der Waals surface area contributed by atoms with E-state index in [1.807, 2.05) is 30.3 Å². The molecule has 6 heteroatoms. The van der Waals surface area contributed by atoms with Gasteiger partial charge in [0.1, 0.15) is 0 Å². The van der Waals surface area contributed by atoms with Crippen LogP contribution in [0.3, 0.4) is 0 Å². The Kier molecular flexibility index (Phi) is 4.90. The molecule has 1 aromatic heterocycles. The number of nitrogens with zero attached hydrogens (tertiary/aromatic N) is 2. The molecule has 0 radical (unpaired) electrons. The first-order valence-corrected chi connectivity index (χ1v) is 6.47. The third kappa shape index (κ3) is 3.68. The van der Waals surface area contributed by atoms with Gasteiger partial charge in [0.2, 0.25) is 5.95 Å². The Labute approximate surface area is 122 Å². The van der Waals surface area contributed by atoms with Gasteiger partial charge in [-0.3, -0.25) is 0 Å². The SMILES string of the molecule is COC(=O)c1nc(NCCc2ccccc2)ncc1Cl. The number of aromatic nitrogens is 2. The van der Waals surface area contributed by atoms with E-state index in [2.05, 4.69) is 20.0 Å². The fourth-order valence-corrected chi connectivity index (χ4v) is 1.82. The summed E-state index contributed by atoms with van der Waals surface area (Å²) in [5.41, 5.74) is 1.27. The highest BCUT2D eigenvalue weighted by Crippen LogP contribution is 2.15. The van der Waals surface area contributed by atoms with Crippen LogP contribution in [0.2, 0.25) is 5.02 Å². The number of carbonyl (C=O) groups excluding carboxylic acids is 1. The second-order valence-electron chi connectivity index (χ2n) is 4.04. The van der Waals surface area contributed by atoms with Crippen LogP contribution in [-0.4, -0.2) is 29.6 Å². The second kappa shape index (κ2) is 6.86. The van der Waals surface area contributed by atoms with Crippen LogP contribution in [0.4, 0.5) is 5.95 Å². The topological polar surface area (TPSA) is 64.1 Å². The Morgan fingerprint density at radius 2 is 2.10 bits per heavy atom. The van der Waals surface area contributed by atoms with Gasteiger partial charge in [-0.1, -0.05) is 41.9 Å². The zero-order chi connectivity index (χ0) is 14.4. The number of nitrogens with one attached hydrogen (secondary N) is 1. The van der Waals surface area contributed by atoms with Crippen LogP contribution in [0.25, 0.3) is 0 Å². The highest BCUT2D eigenvalue weighted by molar-refractivity contribution is 6.33. The van der Waals surface area contributed by atoms with Gasteiger partial charge in [-0.25, -0.2) is 14.8 Å². The largest absolute Gasteiger partial charge is 0.464 e. The number of benzene rings is 1. The fourth-order valence-electron chi connectivity index (χ4n) is 1.66. The maximum atomic E-state index is 11.5. The summed E-state index contributed by atoms with van der Waals surface area (Å²) in [4.78, 5) is 19.5.